The lowest BCUT2D eigenvalue weighted by Gasteiger charge is -2.29. The number of amides is 1. The highest BCUT2D eigenvalue weighted by atomic mass is 32.1. The summed E-state index contributed by atoms with van der Waals surface area (Å²) >= 11 is 1.23. The summed E-state index contributed by atoms with van der Waals surface area (Å²) in [6.07, 6.45) is 4.16. The summed E-state index contributed by atoms with van der Waals surface area (Å²) in [5.41, 5.74) is 0.854. The Kier molecular flexibility index (Phi) is 5.48. The van der Waals surface area contributed by atoms with Crippen molar-refractivity contribution in [2.75, 3.05) is 13.1 Å². The minimum atomic E-state index is 0.0900. The second-order valence-corrected chi connectivity index (χ2v) is 6.40. The van der Waals surface area contributed by atoms with Crippen molar-refractivity contribution in [1.82, 2.24) is 19.8 Å². The number of carbonyl (C=O) groups excluding carboxylic acids is 1. The van der Waals surface area contributed by atoms with Gasteiger partial charge in [0.25, 0.3) is 5.91 Å². The summed E-state index contributed by atoms with van der Waals surface area (Å²) in [7, 11) is 0. The molecular weight excluding hydrogens is 272 g/mol. The molecule has 1 aromatic rings. The molecule has 5 nitrogen and oxygen atoms in total. The van der Waals surface area contributed by atoms with Crippen LogP contribution in [0.15, 0.2) is 0 Å². The molecule has 2 rings (SSSR count). The van der Waals surface area contributed by atoms with Crippen molar-refractivity contribution >= 4 is 17.4 Å². The molecule has 0 aromatic carbocycles. The predicted octanol–water partition coefficient (Wildman–Crippen LogP) is 2.09. The maximum absolute atomic E-state index is 12.8. The Balaban J connectivity index is 2.11. The first-order valence-corrected chi connectivity index (χ1v) is 8.26. The molecule has 1 aliphatic rings. The molecule has 0 saturated carbocycles. The highest BCUT2D eigenvalue weighted by molar-refractivity contribution is 7.08. The molecule has 1 amide bonds. The SMILES string of the molecule is CCCc1nnsc1C(=O)N(CC1CCCN1)C(C)C. The van der Waals surface area contributed by atoms with Gasteiger partial charge in [0.1, 0.15) is 4.88 Å². The van der Waals surface area contributed by atoms with E-state index in [4.69, 9.17) is 0 Å². The maximum atomic E-state index is 12.8. The molecule has 1 saturated heterocycles. The van der Waals surface area contributed by atoms with Gasteiger partial charge in [-0.1, -0.05) is 17.8 Å². The molecular formula is C14H24N4OS. The summed E-state index contributed by atoms with van der Waals surface area (Å²) in [6, 6.07) is 0.623. The van der Waals surface area contributed by atoms with Crippen molar-refractivity contribution in [3.8, 4) is 0 Å². The third kappa shape index (κ3) is 3.55. The highest BCUT2D eigenvalue weighted by Gasteiger charge is 2.27. The van der Waals surface area contributed by atoms with E-state index in [1.54, 1.807) is 0 Å². The monoisotopic (exact) mass is 296 g/mol. The van der Waals surface area contributed by atoms with Gasteiger partial charge in [-0.2, -0.15) is 0 Å². The highest BCUT2D eigenvalue weighted by Crippen LogP contribution is 2.18. The van der Waals surface area contributed by atoms with Gasteiger partial charge in [-0.3, -0.25) is 4.79 Å². The number of carbonyl (C=O) groups is 1. The minimum Gasteiger partial charge on any atom is -0.334 e. The molecule has 20 heavy (non-hydrogen) atoms. The number of rotatable bonds is 6. The van der Waals surface area contributed by atoms with Gasteiger partial charge >= 0.3 is 0 Å². The van der Waals surface area contributed by atoms with E-state index in [9.17, 15) is 4.79 Å². The molecule has 1 aliphatic heterocycles. The second-order valence-electron chi connectivity index (χ2n) is 5.64. The Bertz CT molecular complexity index is 440. The largest absolute Gasteiger partial charge is 0.334 e. The minimum absolute atomic E-state index is 0.0900. The van der Waals surface area contributed by atoms with Crippen LogP contribution in [-0.2, 0) is 6.42 Å². The van der Waals surface area contributed by atoms with E-state index >= 15 is 0 Å². The van der Waals surface area contributed by atoms with Gasteiger partial charge in [0.15, 0.2) is 0 Å². The van der Waals surface area contributed by atoms with Crippen molar-refractivity contribution < 1.29 is 4.79 Å². The summed E-state index contributed by atoms with van der Waals surface area (Å²) in [4.78, 5) is 15.4. The number of aryl methyl sites for hydroxylation is 1. The summed E-state index contributed by atoms with van der Waals surface area (Å²) in [5.74, 6) is 0.0900. The van der Waals surface area contributed by atoms with Crippen LogP contribution >= 0.6 is 11.5 Å². The zero-order valence-corrected chi connectivity index (χ0v) is 13.4. The molecule has 1 aromatic heterocycles. The Labute approximate surface area is 124 Å². The molecule has 112 valence electrons. The van der Waals surface area contributed by atoms with Crippen LogP contribution in [-0.4, -0.2) is 45.6 Å². The zero-order valence-electron chi connectivity index (χ0n) is 12.6. The van der Waals surface area contributed by atoms with Crippen LogP contribution in [0.5, 0.6) is 0 Å². The fourth-order valence-electron chi connectivity index (χ4n) is 2.58. The lowest BCUT2D eigenvalue weighted by Crippen LogP contribution is -2.44. The van der Waals surface area contributed by atoms with Crippen LogP contribution in [0.1, 0.15) is 55.4 Å². The molecule has 1 fully saturated rings. The first kappa shape index (κ1) is 15.4. The molecule has 1 atom stereocenters. The average molecular weight is 296 g/mol. The normalized spacial score (nSPS) is 18.7. The van der Waals surface area contributed by atoms with Crippen molar-refractivity contribution in [2.24, 2.45) is 0 Å². The van der Waals surface area contributed by atoms with Crippen molar-refractivity contribution in [1.29, 1.82) is 0 Å². The zero-order chi connectivity index (χ0) is 14.5. The summed E-state index contributed by atoms with van der Waals surface area (Å²) in [6.45, 7) is 8.08. The maximum Gasteiger partial charge on any atom is 0.267 e. The number of nitrogens with one attached hydrogen (secondary N) is 1. The molecule has 2 heterocycles. The lowest BCUT2D eigenvalue weighted by atomic mass is 10.1. The first-order chi connectivity index (χ1) is 9.63. The fourth-order valence-corrected chi connectivity index (χ4v) is 3.24. The molecule has 0 aliphatic carbocycles. The number of hydrogen-bond acceptors (Lipinski definition) is 5. The third-order valence-corrected chi connectivity index (χ3v) is 4.46. The predicted molar refractivity (Wildman–Crippen MR) is 81.1 cm³/mol. The van der Waals surface area contributed by atoms with Gasteiger partial charge < -0.3 is 10.2 Å². The van der Waals surface area contributed by atoms with Gasteiger partial charge in [0, 0.05) is 18.6 Å². The van der Waals surface area contributed by atoms with Crippen LogP contribution in [0, 0.1) is 0 Å². The topological polar surface area (TPSA) is 58.1 Å². The molecule has 0 radical (unpaired) electrons. The Morgan fingerprint density at radius 1 is 1.55 bits per heavy atom. The third-order valence-electron chi connectivity index (χ3n) is 3.70. The van der Waals surface area contributed by atoms with E-state index in [0.717, 1.165) is 42.9 Å². The molecule has 6 heteroatoms. The van der Waals surface area contributed by atoms with Gasteiger partial charge in [-0.05, 0) is 51.2 Å². The van der Waals surface area contributed by atoms with Crippen molar-refractivity contribution in [3.05, 3.63) is 10.6 Å². The van der Waals surface area contributed by atoms with Gasteiger partial charge in [-0.25, -0.2) is 0 Å². The standard InChI is InChI=1S/C14H24N4OS/c1-4-6-12-13(20-17-16-12)14(19)18(10(2)3)9-11-7-5-8-15-11/h10-11,15H,4-9H2,1-3H3. The summed E-state index contributed by atoms with van der Waals surface area (Å²) < 4.78 is 3.96. The number of hydrogen-bond donors (Lipinski definition) is 1. The number of nitrogens with zero attached hydrogens (tertiary/aromatic N) is 3. The first-order valence-electron chi connectivity index (χ1n) is 7.49. The summed E-state index contributed by atoms with van der Waals surface area (Å²) in [5, 5.41) is 7.57. The fraction of sp³-hybridized carbons (Fsp3) is 0.786. The van der Waals surface area contributed by atoms with E-state index in [2.05, 4.69) is 35.7 Å². The van der Waals surface area contributed by atoms with E-state index in [-0.39, 0.29) is 11.9 Å². The van der Waals surface area contributed by atoms with Crippen LogP contribution < -0.4 is 5.32 Å². The molecule has 0 spiro atoms. The van der Waals surface area contributed by atoms with E-state index in [1.807, 2.05) is 4.90 Å². The van der Waals surface area contributed by atoms with Crippen molar-refractivity contribution in [3.63, 3.8) is 0 Å². The smallest absolute Gasteiger partial charge is 0.267 e. The van der Waals surface area contributed by atoms with Crippen LogP contribution in [0.2, 0.25) is 0 Å². The van der Waals surface area contributed by atoms with Crippen LogP contribution in [0.25, 0.3) is 0 Å². The Morgan fingerprint density at radius 3 is 2.95 bits per heavy atom. The van der Waals surface area contributed by atoms with E-state index in [1.165, 1.54) is 18.0 Å². The quantitative estimate of drug-likeness (QED) is 0.873. The van der Waals surface area contributed by atoms with Gasteiger partial charge in [0.2, 0.25) is 0 Å². The Morgan fingerprint density at radius 2 is 2.35 bits per heavy atom. The molecule has 0 bridgehead atoms. The van der Waals surface area contributed by atoms with Gasteiger partial charge in [0.05, 0.1) is 5.69 Å². The second kappa shape index (κ2) is 7.13. The van der Waals surface area contributed by atoms with Crippen LogP contribution in [0.3, 0.4) is 0 Å². The molecule has 1 unspecified atom stereocenters. The Hall–Kier alpha value is -1.01. The van der Waals surface area contributed by atoms with Crippen molar-refractivity contribution in [2.45, 2.75) is 58.5 Å². The van der Waals surface area contributed by atoms with Crippen LogP contribution in [0.4, 0.5) is 0 Å². The lowest BCUT2D eigenvalue weighted by molar-refractivity contribution is 0.0692. The van der Waals surface area contributed by atoms with E-state index in [0.29, 0.717) is 6.04 Å². The van der Waals surface area contributed by atoms with E-state index < -0.39 is 0 Å². The molecule has 1 N–H and O–H groups in total. The number of aromatic nitrogens is 2. The average Bonchev–Trinajstić information content (AvgIpc) is 3.06. The van der Waals surface area contributed by atoms with Gasteiger partial charge in [-0.15, -0.1) is 5.10 Å².